The maximum absolute atomic E-state index is 11.9. The number of amides is 1. The van der Waals surface area contributed by atoms with Crippen LogP contribution in [0.3, 0.4) is 0 Å². The lowest BCUT2D eigenvalue weighted by Crippen LogP contribution is -2.44. The average molecular weight is 349 g/mol. The van der Waals surface area contributed by atoms with Crippen LogP contribution in [0.4, 0.5) is 4.79 Å². The Morgan fingerprint density at radius 2 is 2.20 bits per heavy atom. The third kappa shape index (κ3) is 6.32. The maximum atomic E-state index is 11.9. The van der Waals surface area contributed by atoms with Crippen LogP contribution in [-0.4, -0.2) is 52.8 Å². The first kappa shape index (κ1) is 19.1. The summed E-state index contributed by atoms with van der Waals surface area (Å²) in [5.74, 6) is 0.889. The van der Waals surface area contributed by atoms with Crippen LogP contribution < -0.4 is 10.6 Å². The van der Waals surface area contributed by atoms with E-state index < -0.39 is 5.60 Å². The van der Waals surface area contributed by atoms with Gasteiger partial charge in [-0.15, -0.1) is 0 Å². The molecule has 0 unspecified atom stereocenters. The minimum atomic E-state index is -0.478. The van der Waals surface area contributed by atoms with Crippen molar-refractivity contribution in [3.63, 3.8) is 0 Å². The molecule has 2 N–H and O–H groups in total. The highest BCUT2D eigenvalue weighted by molar-refractivity contribution is 5.80. The van der Waals surface area contributed by atoms with Crippen molar-refractivity contribution >= 4 is 12.1 Å². The quantitative estimate of drug-likeness (QED) is 0.645. The number of ether oxygens (including phenoxy) is 1. The maximum Gasteiger partial charge on any atom is 0.407 e. The number of rotatable bonds is 4. The van der Waals surface area contributed by atoms with Crippen LogP contribution in [0.5, 0.6) is 0 Å². The van der Waals surface area contributed by atoms with Crippen molar-refractivity contribution < 1.29 is 9.53 Å². The molecule has 0 saturated carbocycles. The van der Waals surface area contributed by atoms with E-state index in [0.29, 0.717) is 6.54 Å². The summed E-state index contributed by atoms with van der Waals surface area (Å²) < 4.78 is 7.36. The van der Waals surface area contributed by atoms with Gasteiger partial charge in [0.05, 0.1) is 12.6 Å². The summed E-state index contributed by atoms with van der Waals surface area (Å²) in [5.41, 5.74) is 0.703. The van der Waals surface area contributed by atoms with E-state index in [2.05, 4.69) is 34.7 Å². The van der Waals surface area contributed by atoms with E-state index in [-0.39, 0.29) is 12.1 Å². The normalized spacial score (nSPS) is 18.4. The number of aromatic nitrogens is 1. The number of aryl methyl sites for hydroxylation is 1. The van der Waals surface area contributed by atoms with E-state index in [1.165, 1.54) is 5.56 Å². The van der Waals surface area contributed by atoms with Crippen molar-refractivity contribution in [1.82, 2.24) is 20.1 Å². The van der Waals surface area contributed by atoms with E-state index in [1.807, 2.05) is 38.6 Å². The molecule has 1 aliphatic rings. The zero-order valence-electron chi connectivity index (χ0n) is 16.0. The first-order valence-corrected chi connectivity index (χ1v) is 8.90. The van der Waals surface area contributed by atoms with E-state index >= 15 is 0 Å². The number of alkyl carbamates (subject to hydrolysis) is 1. The highest BCUT2D eigenvalue weighted by Crippen LogP contribution is 2.12. The van der Waals surface area contributed by atoms with Crippen LogP contribution in [-0.2, 0) is 18.3 Å². The Kier molecular flexibility index (Phi) is 6.33. The number of likely N-dealkylation sites (tertiary alicyclic amines) is 1. The smallest absolute Gasteiger partial charge is 0.407 e. The molecular weight excluding hydrogens is 318 g/mol. The summed E-state index contributed by atoms with van der Waals surface area (Å²) in [7, 11) is 2.01. The minimum Gasteiger partial charge on any atom is -0.444 e. The second kappa shape index (κ2) is 8.27. The van der Waals surface area contributed by atoms with Crippen LogP contribution in [0.1, 0.15) is 39.7 Å². The van der Waals surface area contributed by atoms with E-state index in [0.717, 1.165) is 32.0 Å². The Hall–Kier alpha value is -2.18. The van der Waals surface area contributed by atoms with Crippen molar-refractivity contribution in [3.05, 3.63) is 24.0 Å². The highest BCUT2D eigenvalue weighted by Gasteiger charge is 2.27. The van der Waals surface area contributed by atoms with Gasteiger partial charge in [-0.25, -0.2) is 9.79 Å². The first-order valence-electron chi connectivity index (χ1n) is 8.90. The molecule has 25 heavy (non-hydrogen) atoms. The number of carbonyl (C=O) groups is 1. The monoisotopic (exact) mass is 349 g/mol. The SMILES string of the molecule is CCNC(=NCc1ccn(C)c1)N1CC[C@@H](NC(=O)OC(C)(C)C)C1. The Morgan fingerprint density at radius 3 is 2.80 bits per heavy atom. The average Bonchev–Trinajstić information content (AvgIpc) is 3.10. The van der Waals surface area contributed by atoms with Crippen molar-refractivity contribution in [2.24, 2.45) is 12.0 Å². The molecule has 1 aromatic rings. The van der Waals surface area contributed by atoms with Gasteiger partial charge in [-0.3, -0.25) is 0 Å². The van der Waals surface area contributed by atoms with E-state index in [9.17, 15) is 4.79 Å². The van der Waals surface area contributed by atoms with Crippen LogP contribution in [0.15, 0.2) is 23.5 Å². The molecule has 1 atom stereocenters. The fourth-order valence-electron chi connectivity index (χ4n) is 2.79. The number of hydrogen-bond donors (Lipinski definition) is 2. The predicted octanol–water partition coefficient (Wildman–Crippen LogP) is 2.09. The fraction of sp³-hybridized carbons (Fsp3) is 0.667. The van der Waals surface area contributed by atoms with Gasteiger partial charge in [0.25, 0.3) is 0 Å². The minimum absolute atomic E-state index is 0.0791. The Balaban J connectivity index is 1.90. The lowest BCUT2D eigenvalue weighted by atomic mass is 10.2. The number of hydrogen-bond acceptors (Lipinski definition) is 3. The predicted molar refractivity (Wildman–Crippen MR) is 99.6 cm³/mol. The fourth-order valence-corrected chi connectivity index (χ4v) is 2.79. The Labute approximate surface area is 150 Å². The molecule has 0 spiro atoms. The van der Waals surface area contributed by atoms with E-state index in [1.54, 1.807) is 0 Å². The Morgan fingerprint density at radius 1 is 1.44 bits per heavy atom. The van der Waals surface area contributed by atoms with Gasteiger partial charge in [0.15, 0.2) is 5.96 Å². The largest absolute Gasteiger partial charge is 0.444 e. The summed E-state index contributed by atoms with van der Waals surface area (Å²) in [6, 6.07) is 2.15. The number of guanidine groups is 1. The molecule has 0 aromatic carbocycles. The summed E-state index contributed by atoms with van der Waals surface area (Å²) in [4.78, 5) is 18.8. The molecule has 2 heterocycles. The second-order valence-electron chi connectivity index (χ2n) is 7.43. The summed E-state index contributed by atoms with van der Waals surface area (Å²) in [6.45, 7) is 10.7. The molecule has 0 aliphatic carbocycles. The van der Waals surface area contributed by atoms with Crippen molar-refractivity contribution in [3.8, 4) is 0 Å². The standard InChI is InChI=1S/C18H31N5O2/c1-6-19-16(20-11-14-7-9-22(5)12-14)23-10-8-15(13-23)21-17(24)25-18(2,3)4/h7,9,12,15H,6,8,10-11,13H2,1-5H3,(H,19,20)(H,21,24)/t15-/m1/s1. The molecule has 2 rings (SSSR count). The first-order chi connectivity index (χ1) is 11.8. The van der Waals surface area contributed by atoms with Gasteiger partial charge in [-0.2, -0.15) is 0 Å². The van der Waals surface area contributed by atoms with Crippen LogP contribution in [0.2, 0.25) is 0 Å². The number of aliphatic imine (C=N–C) groups is 1. The lowest BCUT2D eigenvalue weighted by Gasteiger charge is -2.23. The van der Waals surface area contributed by atoms with Gasteiger partial charge in [0.1, 0.15) is 5.60 Å². The molecule has 1 saturated heterocycles. The number of carbonyl (C=O) groups excluding carboxylic acids is 1. The van der Waals surface area contributed by atoms with Gasteiger partial charge in [0.2, 0.25) is 0 Å². The molecule has 1 amide bonds. The van der Waals surface area contributed by atoms with Gasteiger partial charge in [0, 0.05) is 39.1 Å². The molecule has 1 aromatic heterocycles. The summed E-state index contributed by atoms with van der Waals surface area (Å²) in [5, 5.41) is 6.29. The molecule has 0 bridgehead atoms. The second-order valence-corrected chi connectivity index (χ2v) is 7.43. The number of nitrogens with zero attached hydrogens (tertiary/aromatic N) is 3. The third-order valence-electron chi connectivity index (χ3n) is 3.85. The van der Waals surface area contributed by atoms with Gasteiger partial charge >= 0.3 is 6.09 Å². The highest BCUT2D eigenvalue weighted by atomic mass is 16.6. The van der Waals surface area contributed by atoms with Crippen molar-refractivity contribution in [2.45, 2.75) is 52.3 Å². The van der Waals surface area contributed by atoms with Crippen LogP contribution in [0.25, 0.3) is 0 Å². The molecule has 1 fully saturated rings. The molecule has 7 nitrogen and oxygen atoms in total. The van der Waals surface area contributed by atoms with Gasteiger partial charge in [-0.05, 0) is 45.7 Å². The van der Waals surface area contributed by atoms with Gasteiger partial charge in [-0.1, -0.05) is 0 Å². The van der Waals surface area contributed by atoms with Crippen molar-refractivity contribution in [2.75, 3.05) is 19.6 Å². The van der Waals surface area contributed by atoms with Crippen molar-refractivity contribution in [1.29, 1.82) is 0 Å². The lowest BCUT2D eigenvalue weighted by molar-refractivity contribution is 0.0507. The Bertz CT molecular complexity index is 603. The number of nitrogens with one attached hydrogen (secondary N) is 2. The van der Waals surface area contributed by atoms with Crippen LogP contribution in [0, 0.1) is 0 Å². The molecule has 140 valence electrons. The topological polar surface area (TPSA) is 70.9 Å². The molecule has 1 aliphatic heterocycles. The third-order valence-corrected chi connectivity index (χ3v) is 3.85. The molecule has 0 radical (unpaired) electrons. The van der Waals surface area contributed by atoms with Gasteiger partial charge < -0.3 is 24.8 Å². The summed E-state index contributed by atoms with van der Waals surface area (Å²) >= 11 is 0. The molecular formula is C18H31N5O2. The van der Waals surface area contributed by atoms with Crippen LogP contribution >= 0.6 is 0 Å². The zero-order chi connectivity index (χ0) is 18.4. The van der Waals surface area contributed by atoms with E-state index in [4.69, 9.17) is 9.73 Å². The molecule has 7 heteroatoms. The summed E-state index contributed by atoms with van der Waals surface area (Å²) in [6.07, 6.45) is 4.62. The zero-order valence-corrected chi connectivity index (χ0v) is 16.0.